The van der Waals surface area contributed by atoms with Gasteiger partial charge in [-0.1, -0.05) is 51.4 Å². The maximum Gasteiger partial charge on any atom is 0.262 e. The van der Waals surface area contributed by atoms with E-state index in [-0.39, 0.29) is 69.2 Å². The highest BCUT2D eigenvalue weighted by Gasteiger charge is 2.38. The van der Waals surface area contributed by atoms with Crippen LogP contribution in [0.4, 0.5) is 20.7 Å². The van der Waals surface area contributed by atoms with Crippen LogP contribution in [-0.2, 0) is 20.0 Å². The summed E-state index contributed by atoms with van der Waals surface area (Å²) >= 11 is 0. The van der Waals surface area contributed by atoms with Gasteiger partial charge in [0.1, 0.15) is 34.4 Å². The first-order valence-electron chi connectivity index (χ1n) is 25.6. The van der Waals surface area contributed by atoms with E-state index in [0.717, 1.165) is 24.8 Å². The van der Waals surface area contributed by atoms with Crippen molar-refractivity contribution in [3.8, 4) is 57.5 Å². The molecule has 2 aromatic carbocycles. The fraction of sp³-hybridized carbons (Fsp3) is 0.333. The lowest BCUT2D eigenvalue weighted by molar-refractivity contribution is 0.391. The van der Waals surface area contributed by atoms with Crippen molar-refractivity contribution in [2.24, 2.45) is 0 Å². The van der Waals surface area contributed by atoms with Crippen molar-refractivity contribution in [2.45, 2.75) is 79.1 Å². The van der Waals surface area contributed by atoms with Gasteiger partial charge < -0.3 is 27.8 Å². The van der Waals surface area contributed by atoms with Gasteiger partial charge >= 0.3 is 0 Å². The van der Waals surface area contributed by atoms with Crippen molar-refractivity contribution < 1.29 is 53.4 Å². The van der Waals surface area contributed by atoms with Crippen LogP contribution in [0.25, 0.3) is 45.7 Å². The van der Waals surface area contributed by atoms with Gasteiger partial charge in [-0.25, -0.2) is 54.2 Å². The molecule has 0 saturated carbocycles. The minimum Gasteiger partial charge on any atom is -0.494 e. The predicted molar refractivity (Wildman–Crippen MR) is 314 cm³/mol. The molecule has 0 spiro atoms. The van der Waals surface area contributed by atoms with Gasteiger partial charge in [-0.2, -0.15) is 0 Å². The Labute approximate surface area is 477 Å². The van der Waals surface area contributed by atoms with Crippen molar-refractivity contribution in [1.29, 1.82) is 0 Å². The quantitative estimate of drug-likeness (QED) is 0.0572. The number of ether oxygens (including phenoxy) is 4. The second-order valence-corrected chi connectivity index (χ2v) is 36.1. The number of nitrogens with zero attached hydrogens (tertiary/aromatic N) is 12. The first-order chi connectivity index (χ1) is 38.8. The summed E-state index contributed by atoms with van der Waals surface area (Å²) in [6.07, 6.45) is 6.96. The van der Waals surface area contributed by atoms with E-state index in [9.17, 15) is 25.6 Å². The number of furan rings is 2. The first kappa shape index (κ1) is 61.5. The van der Waals surface area contributed by atoms with Crippen LogP contribution in [0.5, 0.6) is 23.0 Å². The maximum absolute atomic E-state index is 14.4. The summed E-state index contributed by atoms with van der Waals surface area (Å²) in [6, 6.07) is 18.5. The van der Waals surface area contributed by atoms with Crippen LogP contribution in [0.15, 0.2) is 117 Å². The Kier molecular flexibility index (Phi) is 19.0. The summed E-state index contributed by atoms with van der Waals surface area (Å²) < 4.78 is 124. The van der Waals surface area contributed by atoms with Crippen LogP contribution >= 0.6 is 0 Å². The number of aromatic nitrogens is 10. The fourth-order valence-electron chi connectivity index (χ4n) is 8.10. The normalized spacial score (nSPS) is 12.7. The Bertz CT molecular complexity index is 3500. The number of para-hydroxylation sites is 2. The van der Waals surface area contributed by atoms with Gasteiger partial charge in [0.2, 0.25) is 23.5 Å². The molecule has 0 saturated heterocycles. The minimum absolute atomic E-state index is 0.0132. The van der Waals surface area contributed by atoms with Crippen molar-refractivity contribution in [3.05, 3.63) is 131 Å². The second-order valence-electron chi connectivity index (χ2n) is 20.9. The molecule has 0 unspecified atom stereocenters. The number of halogens is 2. The minimum atomic E-state index is -4.23. The van der Waals surface area contributed by atoms with Crippen LogP contribution in [0, 0.1) is 11.6 Å². The van der Waals surface area contributed by atoms with Gasteiger partial charge in [-0.15, -0.1) is 20.4 Å². The van der Waals surface area contributed by atoms with E-state index < -0.39 is 47.8 Å². The molecule has 28 heteroatoms. The van der Waals surface area contributed by atoms with Crippen molar-refractivity contribution >= 4 is 59.2 Å². The average molecular weight is 1200 g/mol. The summed E-state index contributed by atoms with van der Waals surface area (Å²) in [5, 5.41) is 17.5. The lowest BCUT2D eigenvalue weighted by atomic mass is 10.2. The van der Waals surface area contributed by atoms with E-state index in [4.69, 9.17) is 27.8 Å². The Hall–Kier alpha value is -8.09. The summed E-state index contributed by atoms with van der Waals surface area (Å²) in [7, 11) is -5.95. The van der Waals surface area contributed by atoms with Crippen LogP contribution in [0.1, 0.15) is 39.3 Å². The SMILES string of the molecule is COc1cccc(OC)c1-n1c(-c2ccco2)nnc1N(CC[Si](C)(C)C)S(=O)(=O)/C(C)=C(/C)c1ncc(F)cn1.COc1cccc(OC)c1-n1c(-c2ccco2)nnc1N(CC[Si](C)(C)C)S(=O)(=O)/C(C)=C(\C)c1ncc(F)cn1. The molecule has 0 fully saturated rings. The number of hydrogen-bond donors (Lipinski definition) is 0. The number of allylic oxidation sites excluding steroid dienone is 4. The number of hydrogen-bond acceptors (Lipinski definition) is 18. The smallest absolute Gasteiger partial charge is 0.262 e. The van der Waals surface area contributed by atoms with Gasteiger partial charge in [0.15, 0.2) is 34.8 Å². The Morgan fingerprint density at radius 2 is 0.829 bits per heavy atom. The van der Waals surface area contributed by atoms with Crippen molar-refractivity contribution in [1.82, 2.24) is 49.5 Å². The van der Waals surface area contributed by atoms with Gasteiger partial charge in [0, 0.05) is 40.4 Å². The molecule has 0 N–H and O–H groups in total. The zero-order chi connectivity index (χ0) is 59.9. The van der Waals surface area contributed by atoms with Gasteiger partial charge in [0.05, 0.1) is 75.6 Å². The third-order valence-corrected chi connectivity index (χ3v) is 20.4. The summed E-state index contributed by atoms with van der Waals surface area (Å²) in [4.78, 5) is 15.9. The number of rotatable bonds is 22. The molecular weight excluding hydrogens is 1130 g/mol. The highest BCUT2D eigenvalue weighted by Crippen LogP contribution is 2.42. The van der Waals surface area contributed by atoms with Crippen LogP contribution in [-0.4, -0.2) is 124 Å². The predicted octanol–water partition coefficient (Wildman–Crippen LogP) is 10.8. The molecule has 0 atom stereocenters. The monoisotopic (exact) mass is 1200 g/mol. The standard InChI is InChI=1S/2C27H33FN6O5SSi/c2*1-18(25-29-16-20(28)17-30-25)19(2)40(35,36)33(13-15-41(5,6)7)27-32-31-26(23-12-9-14-39-23)34(27)24-21(37-3)10-8-11-22(24)38-4/h2*8-12,14,16-17H,13,15H2,1-7H3/b19-18+;19-18-. The van der Waals surface area contributed by atoms with E-state index in [1.54, 1.807) is 83.6 Å². The second kappa shape index (κ2) is 25.4. The third kappa shape index (κ3) is 13.5. The average Bonchev–Trinajstić information content (AvgIpc) is 4.50. The molecule has 0 aliphatic rings. The molecule has 0 bridgehead atoms. The fourth-order valence-corrected chi connectivity index (χ4v) is 13.2. The molecule has 6 heterocycles. The molecule has 8 aromatic rings. The summed E-state index contributed by atoms with van der Waals surface area (Å²) in [5.41, 5.74) is 1.35. The highest BCUT2D eigenvalue weighted by atomic mass is 32.2. The van der Waals surface area contributed by atoms with Crippen LogP contribution in [0.3, 0.4) is 0 Å². The van der Waals surface area contributed by atoms with Crippen molar-refractivity contribution in [2.75, 3.05) is 50.1 Å². The molecule has 436 valence electrons. The molecule has 0 amide bonds. The summed E-state index contributed by atoms with van der Waals surface area (Å²) in [5.74, 6) is 1.84. The molecule has 82 heavy (non-hydrogen) atoms. The lowest BCUT2D eigenvalue weighted by Gasteiger charge is -2.28. The Balaban J connectivity index is 0.000000236. The topological polar surface area (TPSA) is 251 Å². The van der Waals surface area contributed by atoms with E-state index in [1.165, 1.54) is 63.4 Å². The molecule has 0 aliphatic heterocycles. The molecule has 8 rings (SSSR count). The lowest BCUT2D eigenvalue weighted by Crippen LogP contribution is -2.38. The molecule has 22 nitrogen and oxygen atoms in total. The largest absolute Gasteiger partial charge is 0.494 e. The zero-order valence-corrected chi connectivity index (χ0v) is 51.7. The van der Waals surface area contributed by atoms with Gasteiger partial charge in [-0.05, 0) is 88.3 Å². The summed E-state index contributed by atoms with van der Waals surface area (Å²) in [6.45, 7) is 19.3. The molecule has 6 aromatic heterocycles. The number of benzene rings is 2. The van der Waals surface area contributed by atoms with E-state index >= 15 is 0 Å². The third-order valence-electron chi connectivity index (χ3n) is 12.9. The Morgan fingerprint density at radius 3 is 1.10 bits per heavy atom. The maximum atomic E-state index is 14.4. The number of methoxy groups -OCH3 is 4. The van der Waals surface area contributed by atoms with E-state index in [0.29, 0.717) is 58.0 Å². The van der Waals surface area contributed by atoms with Gasteiger partial charge in [-0.3, -0.25) is 9.13 Å². The van der Waals surface area contributed by atoms with E-state index in [2.05, 4.69) is 79.6 Å². The van der Waals surface area contributed by atoms with Crippen LogP contribution < -0.4 is 27.6 Å². The molecular formula is C54H66F2N12O10S2Si2. The zero-order valence-electron chi connectivity index (χ0n) is 48.1. The number of anilines is 2. The van der Waals surface area contributed by atoms with Gasteiger partial charge in [0.25, 0.3) is 20.0 Å². The molecule has 0 aliphatic carbocycles. The number of sulfonamides is 2. The van der Waals surface area contributed by atoms with E-state index in [1.807, 2.05) is 0 Å². The first-order valence-corrected chi connectivity index (χ1v) is 35.8. The Morgan fingerprint density at radius 1 is 0.512 bits per heavy atom. The highest BCUT2D eigenvalue weighted by molar-refractivity contribution is 7.97. The van der Waals surface area contributed by atoms with Crippen LogP contribution in [0.2, 0.25) is 51.4 Å². The molecule has 0 radical (unpaired) electrons. The van der Waals surface area contributed by atoms with Crippen molar-refractivity contribution in [3.63, 3.8) is 0 Å².